The molecule has 0 radical (unpaired) electrons. The van der Waals surface area contributed by atoms with Crippen molar-refractivity contribution in [1.29, 1.82) is 0 Å². The van der Waals surface area contributed by atoms with E-state index in [1.165, 1.54) is 6.07 Å². The van der Waals surface area contributed by atoms with E-state index in [1.54, 1.807) is 49.4 Å². The summed E-state index contributed by atoms with van der Waals surface area (Å²) in [6, 6.07) is 14.9. The van der Waals surface area contributed by atoms with Gasteiger partial charge in [0.25, 0.3) is 0 Å². The fourth-order valence-electron chi connectivity index (χ4n) is 4.11. The summed E-state index contributed by atoms with van der Waals surface area (Å²) in [6.45, 7) is 1.64. The van der Waals surface area contributed by atoms with Crippen molar-refractivity contribution >= 4 is 34.5 Å². The third-order valence-corrected chi connectivity index (χ3v) is 6.11. The summed E-state index contributed by atoms with van der Waals surface area (Å²) in [7, 11) is 0. The van der Waals surface area contributed by atoms with Crippen molar-refractivity contribution in [2.45, 2.75) is 6.92 Å². The molecule has 0 aliphatic heterocycles. The number of halogens is 3. The van der Waals surface area contributed by atoms with Gasteiger partial charge in [0.2, 0.25) is 11.6 Å². The zero-order valence-electron chi connectivity index (χ0n) is 18.5. The highest BCUT2D eigenvalue weighted by Crippen LogP contribution is 2.47. The summed E-state index contributed by atoms with van der Waals surface area (Å²) in [6.07, 6.45) is 0. The van der Waals surface area contributed by atoms with Crippen LogP contribution in [0.5, 0.6) is 23.0 Å². The Balaban J connectivity index is 1.81. The van der Waals surface area contributed by atoms with Gasteiger partial charge < -0.3 is 20.3 Å². The molecule has 0 spiro atoms. The van der Waals surface area contributed by atoms with Gasteiger partial charge in [0.15, 0.2) is 17.4 Å². The number of phenols is 2. The maximum absolute atomic E-state index is 16.1. The van der Waals surface area contributed by atoms with Gasteiger partial charge in [0, 0.05) is 5.69 Å². The van der Waals surface area contributed by atoms with E-state index in [-0.39, 0.29) is 10.8 Å². The summed E-state index contributed by atoms with van der Waals surface area (Å²) in [5.41, 5.74) is -2.78. The molecule has 4 aromatic rings. The summed E-state index contributed by atoms with van der Waals surface area (Å²) in [5.74, 6) is -6.98. The Kier molecular flexibility index (Phi) is 5.61. The Hall–Kier alpha value is -4.43. The number of fused-ring (bicyclic) bond motifs is 2. The number of hydrogen-bond acceptors (Lipinski definition) is 6. The molecule has 1 aliphatic carbocycles. The number of nitrogens with one attached hydrogen (secondary N) is 1. The van der Waals surface area contributed by atoms with Crippen LogP contribution in [0.2, 0.25) is 5.02 Å². The van der Waals surface area contributed by atoms with Crippen LogP contribution in [-0.2, 0) is 0 Å². The lowest BCUT2D eigenvalue weighted by molar-refractivity contribution is 0.0967. The zero-order valence-corrected chi connectivity index (χ0v) is 19.3. The van der Waals surface area contributed by atoms with Gasteiger partial charge in [0.1, 0.15) is 22.9 Å². The molecule has 36 heavy (non-hydrogen) atoms. The van der Waals surface area contributed by atoms with Gasteiger partial charge in [-0.1, -0.05) is 41.9 Å². The number of hydrogen-bond donors (Lipinski definition) is 3. The van der Waals surface area contributed by atoms with Crippen molar-refractivity contribution in [2.75, 3.05) is 5.32 Å². The van der Waals surface area contributed by atoms with Crippen molar-refractivity contribution in [3.05, 3.63) is 105 Å². The van der Waals surface area contributed by atoms with Crippen LogP contribution in [0, 0.1) is 18.6 Å². The highest BCUT2D eigenvalue weighted by molar-refractivity contribution is 6.32. The molecular formula is C27H16ClF2NO5. The summed E-state index contributed by atoms with van der Waals surface area (Å²) in [5, 5.41) is 23.3. The topological polar surface area (TPSA) is 95.9 Å². The van der Waals surface area contributed by atoms with Crippen LogP contribution in [0.1, 0.15) is 37.4 Å². The second-order valence-electron chi connectivity index (χ2n) is 8.07. The van der Waals surface area contributed by atoms with Crippen LogP contribution in [-0.4, -0.2) is 21.8 Å². The fraction of sp³-hybridized carbons (Fsp3) is 0.0370. The molecule has 0 amide bonds. The van der Waals surface area contributed by atoms with Crippen LogP contribution >= 0.6 is 11.6 Å². The monoisotopic (exact) mass is 507 g/mol. The first-order valence-electron chi connectivity index (χ1n) is 10.6. The predicted molar refractivity (Wildman–Crippen MR) is 129 cm³/mol. The van der Waals surface area contributed by atoms with Gasteiger partial charge >= 0.3 is 0 Å². The van der Waals surface area contributed by atoms with Crippen LogP contribution < -0.4 is 10.1 Å². The lowest BCUT2D eigenvalue weighted by atomic mass is 9.82. The number of benzene rings is 4. The Morgan fingerprint density at radius 2 is 1.33 bits per heavy atom. The van der Waals surface area contributed by atoms with Gasteiger partial charge in [-0.25, -0.2) is 8.78 Å². The molecule has 0 saturated heterocycles. The van der Waals surface area contributed by atoms with Gasteiger partial charge in [-0.05, 0) is 42.8 Å². The van der Waals surface area contributed by atoms with Crippen molar-refractivity contribution in [3.63, 3.8) is 0 Å². The summed E-state index contributed by atoms with van der Waals surface area (Å²) < 4.78 is 37.9. The summed E-state index contributed by atoms with van der Waals surface area (Å²) >= 11 is 6.24. The molecule has 4 aromatic carbocycles. The summed E-state index contributed by atoms with van der Waals surface area (Å²) in [4.78, 5) is 26.5. The molecule has 0 heterocycles. The Labute approximate surface area is 208 Å². The van der Waals surface area contributed by atoms with E-state index in [0.717, 1.165) is 12.1 Å². The number of ketones is 2. The Morgan fingerprint density at radius 1 is 0.750 bits per heavy atom. The molecule has 1 aliphatic rings. The smallest absolute Gasteiger partial charge is 0.201 e. The average Bonchev–Trinajstić information content (AvgIpc) is 2.85. The molecule has 0 bridgehead atoms. The maximum Gasteiger partial charge on any atom is 0.201 e. The van der Waals surface area contributed by atoms with Crippen molar-refractivity contribution < 1.29 is 33.3 Å². The second kappa shape index (κ2) is 8.66. The van der Waals surface area contributed by atoms with Gasteiger partial charge in [-0.2, -0.15) is 0 Å². The second-order valence-corrected chi connectivity index (χ2v) is 8.48. The number of anilines is 2. The number of rotatable bonds is 4. The third kappa shape index (κ3) is 3.54. The molecule has 0 unspecified atom stereocenters. The molecular weight excluding hydrogens is 492 g/mol. The molecule has 0 fully saturated rings. The van der Waals surface area contributed by atoms with Crippen LogP contribution in [0.15, 0.2) is 60.7 Å². The molecule has 5 rings (SSSR count). The van der Waals surface area contributed by atoms with Crippen molar-refractivity contribution in [1.82, 2.24) is 0 Å². The average molecular weight is 508 g/mol. The largest absolute Gasteiger partial charge is 0.507 e. The molecule has 0 aromatic heterocycles. The highest BCUT2D eigenvalue weighted by Gasteiger charge is 2.42. The number of carbonyl (C=O) groups excluding carboxylic acids is 2. The first-order valence-corrected chi connectivity index (χ1v) is 11.0. The van der Waals surface area contributed by atoms with Crippen molar-refractivity contribution in [3.8, 4) is 23.0 Å². The number of aryl methyl sites for hydroxylation is 1. The van der Waals surface area contributed by atoms with E-state index in [9.17, 15) is 19.8 Å². The number of para-hydroxylation sites is 2. The minimum Gasteiger partial charge on any atom is -0.507 e. The van der Waals surface area contributed by atoms with Crippen LogP contribution in [0.3, 0.4) is 0 Å². The fourth-order valence-corrected chi connectivity index (χ4v) is 4.37. The Bertz CT molecular complexity index is 1570. The minimum atomic E-state index is -1.34. The lowest BCUT2D eigenvalue weighted by Gasteiger charge is -2.24. The highest BCUT2D eigenvalue weighted by atomic mass is 35.5. The first kappa shape index (κ1) is 23.3. The quantitative estimate of drug-likeness (QED) is 0.236. The van der Waals surface area contributed by atoms with E-state index in [0.29, 0.717) is 11.3 Å². The number of aromatic hydroxyl groups is 2. The molecule has 6 nitrogen and oxygen atoms in total. The van der Waals surface area contributed by atoms with Gasteiger partial charge in [0.05, 0.1) is 27.3 Å². The molecule has 0 atom stereocenters. The molecule has 0 saturated carbocycles. The number of carbonyl (C=O) groups is 2. The van der Waals surface area contributed by atoms with E-state index < -0.39 is 68.4 Å². The maximum atomic E-state index is 16.1. The van der Waals surface area contributed by atoms with E-state index in [1.807, 2.05) is 0 Å². The Morgan fingerprint density at radius 3 is 1.92 bits per heavy atom. The number of phenolic OH excluding ortho intramolecular Hbond substituents is 2. The van der Waals surface area contributed by atoms with Gasteiger partial charge in [-0.3, -0.25) is 9.59 Å². The molecule has 3 N–H and O–H groups in total. The predicted octanol–water partition coefficient (Wildman–Crippen LogP) is 6.65. The normalized spacial score (nSPS) is 12.2. The zero-order chi connectivity index (χ0) is 25.7. The van der Waals surface area contributed by atoms with E-state index >= 15 is 8.78 Å². The van der Waals surface area contributed by atoms with Crippen molar-refractivity contribution in [2.24, 2.45) is 0 Å². The SMILES string of the molecule is Cc1cccc(Cl)c1Oc1c(F)c2c(c(F)c1Nc1ccccc1)C(=O)c1c(O)ccc(O)c1C2=O. The number of ether oxygens (including phenoxy) is 1. The lowest BCUT2D eigenvalue weighted by Crippen LogP contribution is -2.25. The van der Waals surface area contributed by atoms with E-state index in [4.69, 9.17) is 16.3 Å². The van der Waals surface area contributed by atoms with Crippen LogP contribution in [0.25, 0.3) is 0 Å². The first-order chi connectivity index (χ1) is 17.2. The van der Waals surface area contributed by atoms with E-state index in [2.05, 4.69) is 5.32 Å². The molecule has 180 valence electrons. The third-order valence-electron chi connectivity index (χ3n) is 5.82. The molecule has 9 heteroatoms. The van der Waals surface area contributed by atoms with Gasteiger partial charge in [-0.15, -0.1) is 0 Å². The van der Waals surface area contributed by atoms with Crippen LogP contribution in [0.4, 0.5) is 20.2 Å². The standard InChI is InChI=1S/C27H16ClF2NO5/c1-12-6-5-9-14(28)26(12)36-27-22(30)20-19(21(29)23(27)31-13-7-3-2-4-8-13)24(34)17-15(32)10-11-16(33)18(17)25(20)35/h2-11,31-33H,1H3. The minimum absolute atomic E-state index is 0.0176.